The Labute approximate surface area is 71.6 Å². The van der Waals surface area contributed by atoms with Gasteiger partial charge >= 0.3 is 54.6 Å². The first-order valence-corrected chi connectivity index (χ1v) is 5.00. The van der Waals surface area contributed by atoms with E-state index in [-0.39, 0.29) is 17.0 Å². The SMILES string of the molecule is Br.[F][Zn][c]1ccccn1. The van der Waals surface area contributed by atoms with Crippen LogP contribution in [0.3, 0.4) is 0 Å². The molecule has 0 saturated heterocycles. The van der Waals surface area contributed by atoms with Crippen molar-refractivity contribution in [3.8, 4) is 0 Å². The zero-order valence-electron chi connectivity index (χ0n) is 4.75. The topological polar surface area (TPSA) is 12.9 Å². The second-order valence-corrected chi connectivity index (χ2v) is 3.54. The van der Waals surface area contributed by atoms with Gasteiger partial charge in [-0.3, -0.25) is 0 Å². The summed E-state index contributed by atoms with van der Waals surface area (Å²) in [5.74, 6) is 0. The fraction of sp³-hybridized carbons (Fsp3) is 0. The Bertz CT molecular complexity index is 158. The first-order valence-electron chi connectivity index (χ1n) is 2.39. The minimum atomic E-state index is -1.89. The molecule has 1 aromatic rings. The van der Waals surface area contributed by atoms with Crippen molar-refractivity contribution >= 4 is 21.3 Å². The van der Waals surface area contributed by atoms with Crippen LogP contribution in [-0.4, -0.2) is 4.98 Å². The van der Waals surface area contributed by atoms with Crippen LogP contribution in [-0.2, 0) is 17.6 Å². The zero-order chi connectivity index (χ0) is 5.82. The standard InChI is InChI=1S/C5H4N.BrH.FH.Zn/c1-2-4-6-5-3-1;;;/h1-4H;2*1H;/q;;;+1/p-1. The van der Waals surface area contributed by atoms with Crippen molar-refractivity contribution in [2.24, 2.45) is 0 Å². The van der Waals surface area contributed by atoms with Crippen molar-refractivity contribution in [1.82, 2.24) is 4.98 Å². The number of hydrogen-bond donors (Lipinski definition) is 0. The third-order valence-electron chi connectivity index (χ3n) is 0.863. The number of halogens is 2. The van der Waals surface area contributed by atoms with Crippen molar-refractivity contribution in [2.45, 2.75) is 0 Å². The van der Waals surface area contributed by atoms with Gasteiger partial charge in [0.15, 0.2) is 0 Å². The molecule has 9 heavy (non-hydrogen) atoms. The molecule has 0 unspecified atom stereocenters. The fourth-order valence-corrected chi connectivity index (χ4v) is 1.32. The average molecular weight is 243 g/mol. The van der Waals surface area contributed by atoms with Crippen LogP contribution in [0.2, 0.25) is 0 Å². The summed E-state index contributed by atoms with van der Waals surface area (Å²) in [6.45, 7) is 0. The van der Waals surface area contributed by atoms with Crippen LogP contribution in [0.25, 0.3) is 0 Å². The van der Waals surface area contributed by atoms with Crippen LogP contribution < -0.4 is 4.29 Å². The molecule has 1 nitrogen and oxygen atoms in total. The summed E-state index contributed by atoms with van der Waals surface area (Å²) in [7, 11) is 0. The molecule has 46 valence electrons. The molecule has 0 atom stereocenters. The van der Waals surface area contributed by atoms with Gasteiger partial charge < -0.3 is 0 Å². The summed E-state index contributed by atoms with van der Waals surface area (Å²) in [5.41, 5.74) is 0. The molecule has 0 aliphatic heterocycles. The molecule has 0 spiro atoms. The molecule has 0 aromatic carbocycles. The quantitative estimate of drug-likeness (QED) is 0.677. The van der Waals surface area contributed by atoms with E-state index in [1.807, 2.05) is 6.07 Å². The number of hydrogen-bond acceptors (Lipinski definition) is 1. The normalized spacial score (nSPS) is 7.22. The Morgan fingerprint density at radius 2 is 2.22 bits per heavy atom. The summed E-state index contributed by atoms with van der Waals surface area (Å²) < 4.78 is 12.5. The van der Waals surface area contributed by atoms with Crippen molar-refractivity contribution < 1.29 is 20.9 Å². The van der Waals surface area contributed by atoms with E-state index in [2.05, 4.69) is 4.98 Å². The minimum absolute atomic E-state index is 0. The average Bonchev–Trinajstić information content (AvgIpc) is 1.90. The molecule has 0 radical (unpaired) electrons. The molecular formula is C5H5BrFNZn. The van der Waals surface area contributed by atoms with Gasteiger partial charge in [-0.1, -0.05) is 0 Å². The van der Waals surface area contributed by atoms with Crippen LogP contribution in [0.1, 0.15) is 0 Å². The summed E-state index contributed by atoms with van der Waals surface area (Å²) >= 11 is -1.89. The Hall–Kier alpha value is 0.183. The van der Waals surface area contributed by atoms with Gasteiger partial charge in [0.1, 0.15) is 0 Å². The van der Waals surface area contributed by atoms with E-state index in [4.69, 9.17) is 0 Å². The molecule has 0 amide bonds. The van der Waals surface area contributed by atoms with E-state index in [1.54, 1.807) is 18.3 Å². The van der Waals surface area contributed by atoms with Crippen LogP contribution in [0.5, 0.6) is 0 Å². The molecule has 1 aromatic heterocycles. The van der Waals surface area contributed by atoms with E-state index in [0.29, 0.717) is 4.29 Å². The van der Waals surface area contributed by atoms with Gasteiger partial charge in [-0.05, 0) is 0 Å². The summed E-state index contributed by atoms with van der Waals surface area (Å²) in [6.07, 6.45) is 1.63. The Morgan fingerprint density at radius 3 is 2.56 bits per heavy atom. The molecule has 0 fully saturated rings. The molecule has 1 rings (SSSR count). The van der Waals surface area contributed by atoms with Crippen LogP contribution in [0, 0.1) is 0 Å². The first-order chi connectivity index (χ1) is 3.93. The number of rotatable bonds is 1. The van der Waals surface area contributed by atoms with Crippen molar-refractivity contribution in [3.05, 3.63) is 24.4 Å². The molecule has 0 aliphatic rings. The summed E-state index contributed by atoms with van der Waals surface area (Å²) in [5, 5.41) is 0. The Balaban J connectivity index is 0.000000640. The van der Waals surface area contributed by atoms with E-state index in [0.717, 1.165) is 0 Å². The third-order valence-corrected chi connectivity index (χ3v) is 2.32. The summed E-state index contributed by atoms with van der Waals surface area (Å²) in [4.78, 5) is 3.81. The first kappa shape index (κ1) is 9.18. The maximum absolute atomic E-state index is 11.9. The van der Waals surface area contributed by atoms with Gasteiger partial charge in [-0.2, -0.15) is 0 Å². The van der Waals surface area contributed by atoms with Gasteiger partial charge in [-0.15, -0.1) is 17.0 Å². The van der Waals surface area contributed by atoms with Crippen LogP contribution >= 0.6 is 17.0 Å². The molecule has 0 aliphatic carbocycles. The Morgan fingerprint density at radius 1 is 1.44 bits per heavy atom. The summed E-state index contributed by atoms with van der Waals surface area (Å²) in [6, 6.07) is 5.34. The predicted molar refractivity (Wildman–Crippen MR) is 35.3 cm³/mol. The maximum atomic E-state index is 11.9. The van der Waals surface area contributed by atoms with Crippen LogP contribution in [0.4, 0.5) is 3.32 Å². The molecule has 1 heterocycles. The van der Waals surface area contributed by atoms with E-state index in [9.17, 15) is 3.32 Å². The number of aromatic nitrogens is 1. The fourth-order valence-electron chi connectivity index (χ4n) is 0.477. The monoisotopic (exact) mass is 241 g/mol. The van der Waals surface area contributed by atoms with Crippen molar-refractivity contribution in [1.29, 1.82) is 0 Å². The van der Waals surface area contributed by atoms with E-state index in [1.165, 1.54) is 0 Å². The van der Waals surface area contributed by atoms with Crippen molar-refractivity contribution in [2.75, 3.05) is 0 Å². The third kappa shape index (κ3) is 3.02. The van der Waals surface area contributed by atoms with Gasteiger partial charge in [0.2, 0.25) is 0 Å². The second kappa shape index (κ2) is 5.01. The number of nitrogens with zero attached hydrogens (tertiary/aromatic N) is 1. The van der Waals surface area contributed by atoms with E-state index < -0.39 is 17.6 Å². The molecule has 0 N–H and O–H groups in total. The Kier molecular flexibility index (Phi) is 5.11. The molecule has 4 heteroatoms. The van der Waals surface area contributed by atoms with E-state index >= 15 is 0 Å². The second-order valence-electron chi connectivity index (χ2n) is 1.45. The van der Waals surface area contributed by atoms with Crippen molar-refractivity contribution in [3.63, 3.8) is 0 Å². The zero-order valence-corrected chi connectivity index (χ0v) is 9.43. The predicted octanol–water partition coefficient (Wildman–Crippen LogP) is 1.25. The van der Waals surface area contributed by atoms with Gasteiger partial charge in [-0.25, -0.2) is 0 Å². The molecular weight excluding hydrogens is 238 g/mol. The molecule has 0 bridgehead atoms. The van der Waals surface area contributed by atoms with Gasteiger partial charge in [0.05, 0.1) is 0 Å². The van der Waals surface area contributed by atoms with Gasteiger partial charge in [0.25, 0.3) is 0 Å². The number of pyridine rings is 1. The molecule has 0 saturated carbocycles. The van der Waals surface area contributed by atoms with Gasteiger partial charge in [0, 0.05) is 0 Å². The van der Waals surface area contributed by atoms with Crippen LogP contribution in [0.15, 0.2) is 24.4 Å².